The number of amides is 1. The first-order valence-corrected chi connectivity index (χ1v) is 6.62. The molecule has 1 amide bonds. The van der Waals surface area contributed by atoms with E-state index in [1.807, 2.05) is 13.8 Å². The van der Waals surface area contributed by atoms with E-state index in [4.69, 9.17) is 10.5 Å². The summed E-state index contributed by atoms with van der Waals surface area (Å²) < 4.78 is 43.0. The Balaban J connectivity index is 2.86. The van der Waals surface area contributed by atoms with Crippen LogP contribution in [0.25, 0.3) is 0 Å². The highest BCUT2D eigenvalue weighted by molar-refractivity contribution is 5.81. The molecule has 0 aliphatic carbocycles. The lowest BCUT2D eigenvalue weighted by Crippen LogP contribution is -2.40. The van der Waals surface area contributed by atoms with E-state index in [0.717, 1.165) is 18.2 Å². The van der Waals surface area contributed by atoms with Gasteiger partial charge in [0.1, 0.15) is 5.75 Å². The summed E-state index contributed by atoms with van der Waals surface area (Å²) >= 11 is 0. The molecule has 1 atom stereocenters. The topological polar surface area (TPSA) is 55.6 Å². The molecule has 0 saturated heterocycles. The maximum Gasteiger partial charge on any atom is 0.416 e. The van der Waals surface area contributed by atoms with Gasteiger partial charge in [-0.2, -0.15) is 13.2 Å². The number of nitrogen functional groups attached to an aromatic ring is 1. The van der Waals surface area contributed by atoms with Crippen molar-refractivity contribution in [3.05, 3.63) is 23.8 Å². The van der Waals surface area contributed by atoms with Gasteiger partial charge in [0.2, 0.25) is 0 Å². The molecule has 0 aromatic heterocycles. The van der Waals surface area contributed by atoms with E-state index >= 15 is 0 Å². The number of hydrogen-bond donors (Lipinski definition) is 1. The number of nitrogens with two attached hydrogens (primary N) is 1. The fraction of sp³-hybridized carbons (Fsp3) is 0.500. The van der Waals surface area contributed by atoms with E-state index < -0.39 is 17.8 Å². The monoisotopic (exact) mass is 304 g/mol. The summed E-state index contributed by atoms with van der Waals surface area (Å²) in [4.78, 5) is 13.6. The quantitative estimate of drug-likeness (QED) is 0.851. The molecule has 0 spiro atoms. The van der Waals surface area contributed by atoms with Crippen molar-refractivity contribution >= 4 is 11.6 Å². The molecule has 0 bridgehead atoms. The number of anilines is 1. The first-order valence-electron chi connectivity index (χ1n) is 6.62. The minimum absolute atomic E-state index is 0.0657. The Labute approximate surface area is 121 Å². The van der Waals surface area contributed by atoms with Crippen LogP contribution in [-0.4, -0.2) is 30.0 Å². The van der Waals surface area contributed by atoms with Gasteiger partial charge in [-0.3, -0.25) is 4.79 Å². The molecule has 1 unspecified atom stereocenters. The zero-order valence-electron chi connectivity index (χ0n) is 12.2. The smallest absolute Gasteiger partial charge is 0.416 e. The lowest BCUT2D eigenvalue weighted by atomic mass is 10.2. The average Bonchev–Trinajstić information content (AvgIpc) is 2.41. The van der Waals surface area contributed by atoms with Crippen LogP contribution in [-0.2, 0) is 11.0 Å². The fourth-order valence-electron chi connectivity index (χ4n) is 1.87. The molecule has 0 aliphatic rings. The molecule has 0 fully saturated rings. The Bertz CT molecular complexity index is 499. The number of carbonyl (C=O) groups is 1. The van der Waals surface area contributed by atoms with Gasteiger partial charge in [-0.25, -0.2) is 0 Å². The summed E-state index contributed by atoms with van der Waals surface area (Å²) in [5.41, 5.74) is 4.56. The standard InChI is InChI=1S/C14H19F3N2O2/c1-4-19(5-2)13(20)9(3)21-12-7-6-10(8-11(12)18)14(15,16)17/h6-9H,4-5,18H2,1-3H3. The summed E-state index contributed by atoms with van der Waals surface area (Å²) in [5, 5.41) is 0. The third-order valence-corrected chi connectivity index (χ3v) is 3.06. The van der Waals surface area contributed by atoms with E-state index in [-0.39, 0.29) is 17.3 Å². The molecule has 118 valence electrons. The van der Waals surface area contributed by atoms with Crippen LogP contribution < -0.4 is 10.5 Å². The number of likely N-dealkylation sites (N-methyl/N-ethyl adjacent to an activating group) is 1. The van der Waals surface area contributed by atoms with Crippen molar-refractivity contribution in [1.82, 2.24) is 4.90 Å². The number of ether oxygens (including phenoxy) is 1. The minimum atomic E-state index is -4.46. The number of carbonyl (C=O) groups excluding carboxylic acids is 1. The fourth-order valence-corrected chi connectivity index (χ4v) is 1.87. The molecule has 21 heavy (non-hydrogen) atoms. The number of rotatable bonds is 5. The second kappa shape index (κ2) is 6.69. The SMILES string of the molecule is CCN(CC)C(=O)C(C)Oc1ccc(C(F)(F)F)cc1N. The first kappa shape index (κ1) is 17.1. The molecular weight excluding hydrogens is 285 g/mol. The van der Waals surface area contributed by atoms with Crippen LogP contribution in [0, 0.1) is 0 Å². The minimum Gasteiger partial charge on any atom is -0.479 e. The molecule has 0 radical (unpaired) electrons. The van der Waals surface area contributed by atoms with Crippen LogP contribution in [0.5, 0.6) is 5.75 Å². The lowest BCUT2D eigenvalue weighted by molar-refractivity contribution is -0.138. The predicted octanol–water partition coefficient (Wildman–Crippen LogP) is 2.92. The highest BCUT2D eigenvalue weighted by atomic mass is 19.4. The van der Waals surface area contributed by atoms with Crippen LogP contribution in [0.4, 0.5) is 18.9 Å². The van der Waals surface area contributed by atoms with Crippen molar-refractivity contribution in [3.8, 4) is 5.75 Å². The van der Waals surface area contributed by atoms with E-state index in [2.05, 4.69) is 0 Å². The third-order valence-electron chi connectivity index (χ3n) is 3.06. The van der Waals surface area contributed by atoms with Gasteiger partial charge in [0.15, 0.2) is 6.10 Å². The lowest BCUT2D eigenvalue weighted by Gasteiger charge is -2.24. The summed E-state index contributed by atoms with van der Waals surface area (Å²) in [5.74, 6) is -0.171. The normalized spacial score (nSPS) is 12.9. The summed E-state index contributed by atoms with van der Waals surface area (Å²) in [7, 11) is 0. The van der Waals surface area contributed by atoms with Gasteiger partial charge in [-0.1, -0.05) is 0 Å². The Morgan fingerprint density at radius 2 is 1.90 bits per heavy atom. The largest absolute Gasteiger partial charge is 0.479 e. The highest BCUT2D eigenvalue weighted by Crippen LogP contribution is 2.34. The first-order chi connectivity index (χ1) is 9.70. The maximum atomic E-state index is 12.5. The molecular formula is C14H19F3N2O2. The number of alkyl halides is 3. The molecule has 0 heterocycles. The van der Waals surface area contributed by atoms with E-state index in [1.165, 1.54) is 6.92 Å². The van der Waals surface area contributed by atoms with Crippen LogP contribution in [0.2, 0.25) is 0 Å². The summed E-state index contributed by atoms with van der Waals surface area (Å²) in [6, 6.07) is 2.80. The van der Waals surface area contributed by atoms with E-state index in [9.17, 15) is 18.0 Å². The van der Waals surface area contributed by atoms with Crippen LogP contribution >= 0.6 is 0 Å². The second-order valence-electron chi connectivity index (χ2n) is 4.52. The molecule has 4 nitrogen and oxygen atoms in total. The Hall–Kier alpha value is -1.92. The van der Waals surface area contributed by atoms with Crippen molar-refractivity contribution in [1.29, 1.82) is 0 Å². The summed E-state index contributed by atoms with van der Waals surface area (Å²) in [6.45, 7) is 6.27. The van der Waals surface area contributed by atoms with Crippen molar-refractivity contribution in [2.45, 2.75) is 33.1 Å². The van der Waals surface area contributed by atoms with Gasteiger partial charge in [-0.05, 0) is 39.0 Å². The van der Waals surface area contributed by atoms with Gasteiger partial charge in [0.25, 0.3) is 5.91 Å². The van der Waals surface area contributed by atoms with Crippen molar-refractivity contribution in [3.63, 3.8) is 0 Å². The van der Waals surface area contributed by atoms with Crippen molar-refractivity contribution in [2.75, 3.05) is 18.8 Å². The van der Waals surface area contributed by atoms with E-state index in [0.29, 0.717) is 13.1 Å². The Kier molecular flexibility index (Phi) is 5.46. The molecule has 1 aromatic rings. The van der Waals surface area contributed by atoms with Gasteiger partial charge in [0.05, 0.1) is 11.3 Å². The highest BCUT2D eigenvalue weighted by Gasteiger charge is 2.31. The van der Waals surface area contributed by atoms with Gasteiger partial charge in [0, 0.05) is 13.1 Å². The molecule has 0 saturated carbocycles. The molecule has 1 rings (SSSR count). The van der Waals surface area contributed by atoms with E-state index in [1.54, 1.807) is 4.90 Å². The number of halogens is 3. The maximum absolute atomic E-state index is 12.5. The molecule has 1 aromatic carbocycles. The zero-order valence-corrected chi connectivity index (χ0v) is 12.2. The number of nitrogens with zero attached hydrogens (tertiary/aromatic N) is 1. The van der Waals surface area contributed by atoms with Gasteiger partial charge < -0.3 is 15.4 Å². The Morgan fingerprint density at radius 3 is 2.33 bits per heavy atom. The zero-order chi connectivity index (χ0) is 16.2. The van der Waals surface area contributed by atoms with Gasteiger partial charge in [-0.15, -0.1) is 0 Å². The molecule has 2 N–H and O–H groups in total. The number of hydrogen-bond acceptors (Lipinski definition) is 3. The van der Waals surface area contributed by atoms with Crippen molar-refractivity contribution in [2.24, 2.45) is 0 Å². The Morgan fingerprint density at radius 1 is 1.33 bits per heavy atom. The van der Waals surface area contributed by atoms with Crippen molar-refractivity contribution < 1.29 is 22.7 Å². The second-order valence-corrected chi connectivity index (χ2v) is 4.52. The molecule has 7 heteroatoms. The van der Waals surface area contributed by atoms with Crippen LogP contribution in [0.1, 0.15) is 26.3 Å². The molecule has 0 aliphatic heterocycles. The van der Waals surface area contributed by atoms with Crippen LogP contribution in [0.15, 0.2) is 18.2 Å². The van der Waals surface area contributed by atoms with Gasteiger partial charge >= 0.3 is 6.18 Å². The number of benzene rings is 1. The third kappa shape index (κ3) is 4.27. The average molecular weight is 304 g/mol. The predicted molar refractivity (Wildman–Crippen MR) is 73.9 cm³/mol. The summed E-state index contributed by atoms with van der Waals surface area (Å²) in [6.07, 6.45) is -5.28. The van der Waals surface area contributed by atoms with Crippen LogP contribution in [0.3, 0.4) is 0 Å².